The predicted octanol–water partition coefficient (Wildman–Crippen LogP) is -0.802. The second-order valence-corrected chi connectivity index (χ2v) is 12.5. The van der Waals surface area contributed by atoms with Gasteiger partial charge in [0.1, 0.15) is 89.4 Å². The molecule has 18 nitrogen and oxygen atoms in total. The molecule has 288 valence electrons. The van der Waals surface area contributed by atoms with E-state index < -0.39 is 109 Å². The molecule has 10 N–H and O–H groups in total. The van der Waals surface area contributed by atoms with Crippen LogP contribution >= 0.6 is 0 Å². The largest absolute Gasteiger partial charge is 0.508 e. The van der Waals surface area contributed by atoms with Crippen molar-refractivity contribution in [3.05, 3.63) is 82.5 Å². The third kappa shape index (κ3) is 7.97. The number of phenols is 3. The lowest BCUT2D eigenvalue weighted by Gasteiger charge is -2.39. The summed E-state index contributed by atoms with van der Waals surface area (Å²) in [6.07, 6.45) is -14.4. The van der Waals surface area contributed by atoms with Gasteiger partial charge in [0.15, 0.2) is 5.76 Å². The molecule has 0 saturated carbocycles. The van der Waals surface area contributed by atoms with Crippen molar-refractivity contribution in [2.24, 2.45) is 0 Å². The molecule has 4 aromatic rings. The highest BCUT2D eigenvalue weighted by Crippen LogP contribution is 2.38. The van der Waals surface area contributed by atoms with Crippen molar-refractivity contribution >= 4 is 23.0 Å². The van der Waals surface area contributed by atoms with Crippen LogP contribution in [0.15, 0.2) is 76.0 Å². The minimum atomic E-state index is -1.98. The Morgan fingerprint density at radius 2 is 1.33 bits per heavy atom. The number of fused-ring (bicyclic) bond motifs is 1. The van der Waals surface area contributed by atoms with Crippen LogP contribution < -0.4 is 14.9 Å². The van der Waals surface area contributed by atoms with Gasteiger partial charge in [0.2, 0.25) is 23.8 Å². The Hall–Kier alpha value is -5.28. The zero-order chi connectivity index (χ0) is 38.8. The van der Waals surface area contributed by atoms with E-state index in [1.54, 1.807) is 12.1 Å². The lowest BCUT2D eigenvalue weighted by atomic mass is 9.99. The van der Waals surface area contributed by atoms with Gasteiger partial charge in [-0.3, -0.25) is 4.79 Å². The van der Waals surface area contributed by atoms with E-state index in [9.17, 15) is 60.7 Å². The molecule has 18 heteroatoms. The average molecular weight is 757 g/mol. The third-order valence-corrected chi connectivity index (χ3v) is 8.73. The Bertz CT molecular complexity index is 2030. The minimum Gasteiger partial charge on any atom is -0.508 e. The van der Waals surface area contributed by atoms with Gasteiger partial charge in [0.05, 0.1) is 6.61 Å². The fourth-order valence-electron chi connectivity index (χ4n) is 5.78. The number of benzene rings is 3. The Morgan fingerprint density at radius 3 is 1.98 bits per heavy atom. The summed E-state index contributed by atoms with van der Waals surface area (Å²) >= 11 is 0. The summed E-state index contributed by atoms with van der Waals surface area (Å²) in [5.41, 5.74) is -0.630. The molecule has 0 unspecified atom stereocenters. The molecule has 0 aliphatic carbocycles. The molecule has 10 atom stereocenters. The number of rotatable bonds is 10. The summed E-state index contributed by atoms with van der Waals surface area (Å²) < 4.78 is 33.5. The van der Waals surface area contributed by atoms with Crippen LogP contribution in [0.4, 0.5) is 0 Å². The smallest absolute Gasteiger partial charge is 0.330 e. The number of hydrogen-bond acceptors (Lipinski definition) is 18. The molecule has 1 aromatic heterocycles. The van der Waals surface area contributed by atoms with Crippen LogP contribution in [0.2, 0.25) is 0 Å². The summed E-state index contributed by atoms with van der Waals surface area (Å²) in [6, 6.07) is 13.2. The summed E-state index contributed by atoms with van der Waals surface area (Å²) in [5, 5.41) is 102. The van der Waals surface area contributed by atoms with E-state index in [2.05, 4.69) is 0 Å². The standard InChI is InChI=1S/C36H36O18/c37-13-22-26(42)29(45)31(47)35(52-22)50-19-8-4-16(5-9-19)33-34(28(44)25-20(40)11-18(39)12-21(25)51-33)54-36-32(48)30(46)27(43)23(53-36)14-49-24(41)10-3-15-1-6-17(38)7-2-15/h1-12,22-23,26-27,29-32,35-40,42-43,45-48H,13-14H2/b10-3+/t22-,23-,26-,27-,29+,30+,31-,32+,35-,36+/m1/s1. The molecule has 54 heavy (non-hydrogen) atoms. The highest BCUT2D eigenvalue weighted by atomic mass is 16.7. The van der Waals surface area contributed by atoms with E-state index in [0.717, 1.165) is 18.2 Å². The molecule has 0 radical (unpaired) electrons. The average Bonchev–Trinajstić information content (AvgIpc) is 3.15. The SMILES string of the molecule is O=C(/C=C/c1ccc(O)cc1)OC[C@H]1O[C@@H](Oc2c(-c3ccc(O[C@@H]4O[C@H](CO)[C@@H](O)[C@H](O)[C@H]4O)cc3)oc3cc(O)cc(O)c3c2=O)[C@@H](O)[C@@H](O)[C@@H]1O. The van der Waals surface area contributed by atoms with Crippen LogP contribution in [0.1, 0.15) is 5.56 Å². The monoisotopic (exact) mass is 756 g/mol. The van der Waals surface area contributed by atoms with Crippen molar-refractivity contribution in [1.29, 1.82) is 0 Å². The van der Waals surface area contributed by atoms with E-state index in [-0.39, 0.29) is 28.4 Å². The molecule has 0 spiro atoms. The molecular weight excluding hydrogens is 720 g/mol. The van der Waals surface area contributed by atoms with Gasteiger partial charge >= 0.3 is 5.97 Å². The Labute approximate surface area is 304 Å². The van der Waals surface area contributed by atoms with Gasteiger partial charge in [0.25, 0.3) is 0 Å². The highest BCUT2D eigenvalue weighted by Gasteiger charge is 2.47. The molecule has 0 amide bonds. The van der Waals surface area contributed by atoms with E-state index in [1.807, 2.05) is 0 Å². The molecule has 2 fully saturated rings. The first kappa shape index (κ1) is 38.4. The Kier molecular flexibility index (Phi) is 11.4. The Balaban J connectivity index is 1.26. The van der Waals surface area contributed by atoms with Crippen molar-refractivity contribution in [3.63, 3.8) is 0 Å². The van der Waals surface area contributed by atoms with Crippen LogP contribution in [-0.4, -0.2) is 132 Å². The molecular formula is C36H36O18. The number of aliphatic hydroxyl groups is 7. The zero-order valence-electron chi connectivity index (χ0n) is 27.9. The van der Waals surface area contributed by atoms with E-state index >= 15 is 0 Å². The molecule has 3 heterocycles. The van der Waals surface area contributed by atoms with Crippen LogP contribution in [0.3, 0.4) is 0 Å². The minimum absolute atomic E-state index is 0.0259. The quantitative estimate of drug-likeness (QED) is 0.0700. The number of ether oxygens (including phenoxy) is 5. The maximum absolute atomic E-state index is 13.9. The summed E-state index contributed by atoms with van der Waals surface area (Å²) in [4.78, 5) is 26.3. The van der Waals surface area contributed by atoms with Crippen molar-refractivity contribution in [2.75, 3.05) is 13.2 Å². The van der Waals surface area contributed by atoms with Crippen molar-refractivity contribution in [1.82, 2.24) is 0 Å². The number of hydrogen-bond donors (Lipinski definition) is 10. The van der Waals surface area contributed by atoms with Crippen LogP contribution in [0.5, 0.6) is 28.7 Å². The van der Waals surface area contributed by atoms with Gasteiger partial charge in [0, 0.05) is 23.8 Å². The summed E-state index contributed by atoms with van der Waals surface area (Å²) in [5.74, 6) is -2.94. The van der Waals surface area contributed by atoms with Gasteiger partial charge in [-0.15, -0.1) is 0 Å². The second-order valence-electron chi connectivity index (χ2n) is 12.5. The number of aromatic hydroxyl groups is 3. The first-order valence-electron chi connectivity index (χ1n) is 16.4. The first-order chi connectivity index (χ1) is 25.7. The van der Waals surface area contributed by atoms with Crippen LogP contribution in [0, 0.1) is 0 Å². The maximum Gasteiger partial charge on any atom is 0.330 e. The molecule has 0 bridgehead atoms. The predicted molar refractivity (Wildman–Crippen MR) is 181 cm³/mol. The highest BCUT2D eigenvalue weighted by molar-refractivity contribution is 5.88. The summed E-state index contributed by atoms with van der Waals surface area (Å²) in [6.45, 7) is -1.32. The van der Waals surface area contributed by atoms with Crippen LogP contribution in [-0.2, 0) is 19.0 Å². The lowest BCUT2D eigenvalue weighted by Crippen LogP contribution is -2.60. The van der Waals surface area contributed by atoms with E-state index in [0.29, 0.717) is 5.56 Å². The lowest BCUT2D eigenvalue weighted by molar-refractivity contribution is -0.278. The fraction of sp³-hybridized carbons (Fsp3) is 0.333. The maximum atomic E-state index is 13.9. The van der Waals surface area contributed by atoms with Crippen LogP contribution in [0.25, 0.3) is 28.4 Å². The van der Waals surface area contributed by atoms with Crippen molar-refractivity contribution in [2.45, 2.75) is 61.4 Å². The number of carbonyl (C=O) groups is 1. The van der Waals surface area contributed by atoms with Crippen molar-refractivity contribution in [3.8, 4) is 40.1 Å². The number of carbonyl (C=O) groups excluding carboxylic acids is 1. The topological polar surface area (TPSA) is 296 Å². The van der Waals surface area contributed by atoms with Gasteiger partial charge in [-0.1, -0.05) is 12.1 Å². The normalized spacial score (nSPS) is 28.6. The number of esters is 1. The molecule has 2 saturated heterocycles. The van der Waals surface area contributed by atoms with Crippen molar-refractivity contribution < 1.29 is 84.0 Å². The zero-order valence-corrected chi connectivity index (χ0v) is 27.9. The number of aliphatic hydroxyl groups excluding tert-OH is 7. The van der Waals surface area contributed by atoms with Gasteiger partial charge in [-0.05, 0) is 48.0 Å². The van der Waals surface area contributed by atoms with E-state index in [4.69, 9.17) is 28.1 Å². The molecule has 2 aliphatic heterocycles. The first-order valence-corrected chi connectivity index (χ1v) is 16.4. The van der Waals surface area contributed by atoms with Gasteiger partial charge in [-0.2, -0.15) is 0 Å². The molecule has 2 aliphatic rings. The van der Waals surface area contributed by atoms with E-state index in [1.165, 1.54) is 42.5 Å². The molecule has 6 rings (SSSR count). The van der Waals surface area contributed by atoms with Gasteiger partial charge < -0.3 is 79.2 Å². The number of phenolic OH excluding ortho intramolecular Hbond substituents is 3. The second kappa shape index (κ2) is 16.0. The Morgan fingerprint density at radius 1 is 0.722 bits per heavy atom. The van der Waals surface area contributed by atoms with Gasteiger partial charge in [-0.25, -0.2) is 4.79 Å². The third-order valence-electron chi connectivity index (χ3n) is 8.73. The summed E-state index contributed by atoms with van der Waals surface area (Å²) in [7, 11) is 0. The molecule has 3 aromatic carbocycles. The fourth-order valence-corrected chi connectivity index (χ4v) is 5.78.